The quantitative estimate of drug-likeness (QED) is 0.801. The highest BCUT2D eigenvalue weighted by Crippen LogP contribution is 2.22. The Bertz CT molecular complexity index is 575. The van der Waals surface area contributed by atoms with Gasteiger partial charge in [0.2, 0.25) is 18.3 Å². The van der Waals surface area contributed by atoms with Crippen molar-refractivity contribution in [1.29, 1.82) is 0 Å². The largest absolute Gasteiger partial charge is 0.347 e. The average Bonchev–Trinajstić information content (AvgIpc) is 2.92. The number of carbonyl (C=O) groups is 1. The predicted octanol–water partition coefficient (Wildman–Crippen LogP) is 2.71. The molecule has 8 heteroatoms. The van der Waals surface area contributed by atoms with Gasteiger partial charge in [-0.1, -0.05) is 6.07 Å². The molecule has 1 amide bonds. The second-order valence-corrected chi connectivity index (χ2v) is 5.08. The Labute approximate surface area is 119 Å². The maximum Gasteiger partial charge on any atom is 0.234 e. The van der Waals surface area contributed by atoms with E-state index >= 15 is 0 Å². The lowest BCUT2D eigenvalue weighted by Gasteiger charge is -2.13. The number of carbonyl (C=O) groups excluding carboxylic acids is 1. The van der Waals surface area contributed by atoms with Crippen molar-refractivity contribution in [3.8, 4) is 0 Å². The molecule has 0 saturated carbocycles. The minimum Gasteiger partial charge on any atom is -0.347 e. The molecule has 0 bridgehead atoms. The van der Waals surface area contributed by atoms with Gasteiger partial charge >= 0.3 is 0 Å². The molecule has 0 aliphatic heterocycles. The topological polar surface area (TPSA) is 79.8 Å². The van der Waals surface area contributed by atoms with Crippen LogP contribution in [0.4, 0.5) is 16.3 Å². The molecule has 6 nitrogen and oxygen atoms in total. The number of anilines is 2. The minimum atomic E-state index is -1.34. The van der Waals surface area contributed by atoms with Gasteiger partial charge in [-0.15, -0.1) is 11.3 Å². The zero-order chi connectivity index (χ0) is 14.5. The molecule has 2 aromatic rings. The molecule has 2 aromatic heterocycles. The molecule has 106 valence electrons. The Balaban J connectivity index is 2.23. The van der Waals surface area contributed by atoms with Crippen LogP contribution >= 0.6 is 11.3 Å². The summed E-state index contributed by atoms with van der Waals surface area (Å²) in [5.41, 5.74) is 0. The maximum atomic E-state index is 13.4. The molecule has 2 atom stereocenters. The zero-order valence-corrected chi connectivity index (χ0v) is 11.8. The monoisotopic (exact) mass is 295 g/mol. The van der Waals surface area contributed by atoms with E-state index in [0.29, 0.717) is 6.41 Å². The number of amides is 1. The van der Waals surface area contributed by atoms with Crippen LogP contribution in [0.3, 0.4) is 0 Å². The first-order valence-corrected chi connectivity index (χ1v) is 6.88. The number of aromatic nitrogens is 3. The van der Waals surface area contributed by atoms with E-state index in [2.05, 4.69) is 25.6 Å². The Kier molecular flexibility index (Phi) is 4.57. The number of nitrogens with zero attached hydrogens (tertiary/aromatic N) is 3. The molecule has 0 radical (unpaired) electrons. The van der Waals surface area contributed by atoms with Crippen molar-refractivity contribution in [3.05, 3.63) is 28.2 Å². The lowest BCUT2D eigenvalue weighted by atomic mass is 10.3. The van der Waals surface area contributed by atoms with Gasteiger partial charge in [-0.05, 0) is 25.3 Å². The standard InChI is InChI=1S/C12H14FN5OS/c1-7(13)10-16-11(14-6-19)18-12(17-10)15-8(2)9-4-3-5-20-9/h3-8H,1-2H3,(H2,14,15,16,17,18,19)/t7?,8-/m0/s1. The molecule has 2 N–H and O–H groups in total. The number of hydrogen-bond donors (Lipinski definition) is 2. The third kappa shape index (κ3) is 3.47. The van der Waals surface area contributed by atoms with Crippen LogP contribution in [0.2, 0.25) is 0 Å². The van der Waals surface area contributed by atoms with Crippen LogP contribution in [0.25, 0.3) is 0 Å². The summed E-state index contributed by atoms with van der Waals surface area (Å²) in [6.07, 6.45) is -0.906. The predicted molar refractivity (Wildman–Crippen MR) is 75.4 cm³/mol. The Morgan fingerprint density at radius 1 is 1.30 bits per heavy atom. The summed E-state index contributed by atoms with van der Waals surface area (Å²) in [5.74, 6) is 0.227. The fourth-order valence-corrected chi connectivity index (χ4v) is 2.29. The van der Waals surface area contributed by atoms with E-state index in [1.54, 1.807) is 11.3 Å². The summed E-state index contributed by atoms with van der Waals surface area (Å²) >= 11 is 1.60. The number of alkyl halides is 1. The second-order valence-electron chi connectivity index (χ2n) is 4.10. The van der Waals surface area contributed by atoms with E-state index in [0.717, 1.165) is 4.88 Å². The minimum absolute atomic E-state index is 0.0229. The van der Waals surface area contributed by atoms with Crippen molar-refractivity contribution in [2.75, 3.05) is 10.6 Å². The first kappa shape index (κ1) is 14.3. The van der Waals surface area contributed by atoms with Gasteiger partial charge in [-0.2, -0.15) is 15.0 Å². The van der Waals surface area contributed by atoms with Crippen molar-refractivity contribution >= 4 is 29.6 Å². The summed E-state index contributed by atoms with van der Waals surface area (Å²) < 4.78 is 13.4. The fourth-order valence-electron chi connectivity index (χ4n) is 1.55. The second kappa shape index (κ2) is 6.38. The molecule has 0 aliphatic rings. The van der Waals surface area contributed by atoms with Crippen LogP contribution in [-0.2, 0) is 4.79 Å². The Morgan fingerprint density at radius 2 is 2.05 bits per heavy atom. The molecule has 0 spiro atoms. The molecule has 1 unspecified atom stereocenters. The van der Waals surface area contributed by atoms with E-state index in [1.165, 1.54) is 6.92 Å². The van der Waals surface area contributed by atoms with E-state index < -0.39 is 6.17 Å². The summed E-state index contributed by atoms with van der Waals surface area (Å²) in [5, 5.41) is 7.34. The van der Waals surface area contributed by atoms with E-state index in [9.17, 15) is 9.18 Å². The van der Waals surface area contributed by atoms with Crippen molar-refractivity contribution in [1.82, 2.24) is 15.0 Å². The normalized spacial score (nSPS) is 13.6. The third-order valence-corrected chi connectivity index (χ3v) is 3.57. The Morgan fingerprint density at radius 3 is 2.65 bits per heavy atom. The Hall–Kier alpha value is -2.09. The summed E-state index contributed by atoms with van der Waals surface area (Å²) in [4.78, 5) is 23.4. The van der Waals surface area contributed by atoms with Gasteiger partial charge in [0.05, 0.1) is 6.04 Å². The van der Waals surface area contributed by atoms with Gasteiger partial charge in [-0.3, -0.25) is 10.1 Å². The summed E-state index contributed by atoms with van der Waals surface area (Å²) in [6, 6.07) is 3.90. The zero-order valence-electron chi connectivity index (χ0n) is 11.0. The smallest absolute Gasteiger partial charge is 0.234 e. The third-order valence-electron chi connectivity index (χ3n) is 2.51. The van der Waals surface area contributed by atoms with Crippen LogP contribution < -0.4 is 10.6 Å². The number of hydrogen-bond acceptors (Lipinski definition) is 6. The van der Waals surface area contributed by atoms with Gasteiger partial charge in [0.15, 0.2) is 12.0 Å². The lowest BCUT2D eigenvalue weighted by molar-refractivity contribution is -0.105. The lowest BCUT2D eigenvalue weighted by Crippen LogP contribution is -2.13. The van der Waals surface area contributed by atoms with Crippen LogP contribution in [0.15, 0.2) is 17.5 Å². The average molecular weight is 295 g/mol. The first-order valence-electron chi connectivity index (χ1n) is 6.00. The number of thiophene rings is 1. The van der Waals surface area contributed by atoms with E-state index in [4.69, 9.17) is 0 Å². The molecule has 2 rings (SSSR count). The molecule has 2 heterocycles. The van der Waals surface area contributed by atoms with Crippen LogP contribution in [0, 0.1) is 0 Å². The number of halogens is 1. The molecular weight excluding hydrogens is 281 g/mol. The van der Waals surface area contributed by atoms with Crippen LogP contribution in [0.5, 0.6) is 0 Å². The highest BCUT2D eigenvalue weighted by molar-refractivity contribution is 7.10. The van der Waals surface area contributed by atoms with Crippen molar-refractivity contribution in [2.45, 2.75) is 26.1 Å². The first-order chi connectivity index (χ1) is 9.60. The molecule has 0 saturated heterocycles. The molecule has 0 fully saturated rings. The van der Waals surface area contributed by atoms with Gasteiger partial charge in [0.25, 0.3) is 0 Å². The van der Waals surface area contributed by atoms with Crippen molar-refractivity contribution in [3.63, 3.8) is 0 Å². The van der Waals surface area contributed by atoms with Gasteiger partial charge in [0.1, 0.15) is 0 Å². The number of rotatable bonds is 6. The summed E-state index contributed by atoms with van der Waals surface area (Å²) in [6.45, 7) is 3.27. The summed E-state index contributed by atoms with van der Waals surface area (Å²) in [7, 11) is 0. The highest BCUT2D eigenvalue weighted by atomic mass is 32.1. The molecular formula is C12H14FN5OS. The number of nitrogens with one attached hydrogen (secondary N) is 2. The van der Waals surface area contributed by atoms with Crippen LogP contribution in [0.1, 0.15) is 36.8 Å². The maximum absolute atomic E-state index is 13.4. The van der Waals surface area contributed by atoms with Crippen molar-refractivity contribution in [2.24, 2.45) is 0 Å². The highest BCUT2D eigenvalue weighted by Gasteiger charge is 2.14. The molecule has 0 aliphatic carbocycles. The van der Waals surface area contributed by atoms with E-state index in [-0.39, 0.29) is 23.8 Å². The molecule has 0 aromatic carbocycles. The molecule has 20 heavy (non-hydrogen) atoms. The van der Waals surface area contributed by atoms with Gasteiger partial charge in [-0.25, -0.2) is 4.39 Å². The SMILES string of the molecule is CC(F)c1nc(NC=O)nc(N[C@@H](C)c2cccs2)n1. The van der Waals surface area contributed by atoms with Gasteiger partial charge < -0.3 is 5.32 Å². The van der Waals surface area contributed by atoms with Gasteiger partial charge in [0, 0.05) is 4.88 Å². The van der Waals surface area contributed by atoms with Crippen LogP contribution in [-0.4, -0.2) is 21.4 Å². The van der Waals surface area contributed by atoms with E-state index in [1.807, 2.05) is 24.4 Å². The van der Waals surface area contributed by atoms with Crippen molar-refractivity contribution < 1.29 is 9.18 Å². The fraction of sp³-hybridized carbons (Fsp3) is 0.333.